The monoisotopic (exact) mass is 391 g/mol. The number of ether oxygens (including phenoxy) is 1. The Morgan fingerprint density at radius 1 is 1.24 bits per heavy atom. The molecule has 0 saturated heterocycles. The van der Waals surface area contributed by atoms with Crippen LogP contribution in [0.5, 0.6) is 0 Å². The molecule has 0 aliphatic carbocycles. The van der Waals surface area contributed by atoms with Crippen molar-refractivity contribution in [2.75, 3.05) is 6.61 Å². The lowest BCUT2D eigenvalue weighted by Crippen LogP contribution is -2.07. The first-order valence-electron chi connectivity index (χ1n) is 10.3. The van der Waals surface area contributed by atoms with Crippen molar-refractivity contribution in [2.24, 2.45) is 0 Å². The molecule has 3 heterocycles. The van der Waals surface area contributed by atoms with Crippen LogP contribution >= 0.6 is 0 Å². The summed E-state index contributed by atoms with van der Waals surface area (Å²) in [5.74, 6) is -0.123. The van der Waals surface area contributed by atoms with Crippen LogP contribution in [0.25, 0.3) is 22.7 Å². The largest absolute Gasteiger partial charge is 0.466 e. The summed E-state index contributed by atoms with van der Waals surface area (Å²) in [6, 6.07) is 8.41. The van der Waals surface area contributed by atoms with E-state index in [4.69, 9.17) is 9.84 Å². The first-order valence-corrected chi connectivity index (χ1v) is 10.3. The third-order valence-electron chi connectivity index (χ3n) is 5.18. The molecule has 3 aromatic rings. The van der Waals surface area contributed by atoms with E-state index in [1.54, 1.807) is 6.08 Å². The lowest BCUT2D eigenvalue weighted by molar-refractivity contribution is -0.143. The maximum Gasteiger partial charge on any atom is 0.305 e. The molecule has 0 saturated carbocycles. The number of aromatic nitrogens is 3. The number of hydrogen-bond donors (Lipinski definition) is 0. The molecule has 0 bridgehead atoms. The van der Waals surface area contributed by atoms with E-state index in [0.29, 0.717) is 13.0 Å². The zero-order valence-electron chi connectivity index (χ0n) is 17.6. The normalized spacial score (nSPS) is 11.0. The fourth-order valence-electron chi connectivity index (χ4n) is 3.74. The Kier molecular flexibility index (Phi) is 6.81. The van der Waals surface area contributed by atoms with Gasteiger partial charge in [-0.1, -0.05) is 13.5 Å². The number of hydrogen-bond acceptors (Lipinski definition) is 4. The number of pyridine rings is 1. The maximum atomic E-state index is 11.6. The fourth-order valence-corrected chi connectivity index (χ4v) is 3.74. The number of esters is 1. The highest BCUT2D eigenvalue weighted by atomic mass is 16.5. The van der Waals surface area contributed by atoms with Gasteiger partial charge in [-0.25, -0.2) is 4.52 Å². The number of carbonyl (C=O) groups excluding carboxylic acids is 1. The molecule has 0 spiro atoms. The van der Waals surface area contributed by atoms with E-state index in [1.807, 2.05) is 19.2 Å². The number of unbranched alkanes of at least 4 members (excludes halogenated alkanes) is 1. The minimum Gasteiger partial charge on any atom is -0.466 e. The average Bonchev–Trinajstić information content (AvgIpc) is 3.13. The summed E-state index contributed by atoms with van der Waals surface area (Å²) in [6.45, 7) is 10.3. The molecule has 0 N–H and O–H groups in total. The number of nitrogens with zero attached hydrogens (tertiary/aromatic N) is 3. The van der Waals surface area contributed by atoms with Crippen molar-refractivity contribution in [3.63, 3.8) is 0 Å². The second-order valence-electron chi connectivity index (χ2n) is 7.10. The fraction of sp³-hybridized carbons (Fsp3) is 0.375. The van der Waals surface area contributed by atoms with E-state index < -0.39 is 0 Å². The van der Waals surface area contributed by atoms with Crippen LogP contribution in [-0.4, -0.2) is 27.2 Å². The summed E-state index contributed by atoms with van der Waals surface area (Å²) in [5.41, 5.74) is 7.70. The quantitative estimate of drug-likeness (QED) is 0.372. The molecule has 3 aromatic heterocycles. The third kappa shape index (κ3) is 4.56. The summed E-state index contributed by atoms with van der Waals surface area (Å²) in [4.78, 5) is 16.0. The smallest absolute Gasteiger partial charge is 0.305 e. The van der Waals surface area contributed by atoms with Crippen molar-refractivity contribution in [3.8, 4) is 11.1 Å². The molecule has 0 radical (unpaired) electrons. The zero-order valence-corrected chi connectivity index (χ0v) is 17.6. The van der Waals surface area contributed by atoms with Crippen LogP contribution in [0.1, 0.15) is 55.8 Å². The Labute approximate surface area is 172 Å². The van der Waals surface area contributed by atoms with Gasteiger partial charge < -0.3 is 4.74 Å². The van der Waals surface area contributed by atoms with Gasteiger partial charge in [-0.3, -0.25) is 9.78 Å². The van der Waals surface area contributed by atoms with Crippen LogP contribution in [0.2, 0.25) is 0 Å². The average molecular weight is 392 g/mol. The van der Waals surface area contributed by atoms with E-state index >= 15 is 0 Å². The van der Waals surface area contributed by atoms with Gasteiger partial charge in [0.15, 0.2) is 0 Å². The highest BCUT2D eigenvalue weighted by Gasteiger charge is 2.17. The van der Waals surface area contributed by atoms with Gasteiger partial charge in [0.25, 0.3) is 0 Å². The van der Waals surface area contributed by atoms with Gasteiger partial charge in [-0.05, 0) is 81.0 Å². The van der Waals surface area contributed by atoms with Gasteiger partial charge in [0, 0.05) is 23.9 Å². The van der Waals surface area contributed by atoms with Crippen molar-refractivity contribution < 1.29 is 9.53 Å². The predicted octanol–water partition coefficient (Wildman–Crippen LogP) is 5.19. The van der Waals surface area contributed by atoms with Crippen LogP contribution in [0.15, 0.2) is 37.0 Å². The molecule has 0 atom stereocenters. The Balaban J connectivity index is 2.00. The molecule has 3 rings (SSSR count). The molecule has 0 unspecified atom stereocenters. The molecule has 5 nitrogen and oxygen atoms in total. The van der Waals surface area contributed by atoms with Crippen LogP contribution in [0, 0.1) is 6.92 Å². The van der Waals surface area contributed by atoms with Crippen LogP contribution in [0.3, 0.4) is 0 Å². The Bertz CT molecular complexity index is 1020. The van der Waals surface area contributed by atoms with Crippen molar-refractivity contribution in [1.29, 1.82) is 0 Å². The van der Waals surface area contributed by atoms with Crippen LogP contribution in [-0.2, 0) is 22.4 Å². The van der Waals surface area contributed by atoms with Crippen molar-refractivity contribution in [1.82, 2.24) is 14.6 Å². The Morgan fingerprint density at radius 3 is 2.79 bits per heavy atom. The molecule has 29 heavy (non-hydrogen) atoms. The van der Waals surface area contributed by atoms with Gasteiger partial charge in [-0.15, -0.1) is 0 Å². The highest BCUT2D eigenvalue weighted by Crippen LogP contribution is 2.32. The maximum absolute atomic E-state index is 11.6. The molecule has 0 fully saturated rings. The first kappa shape index (κ1) is 20.8. The molecular formula is C24H29N3O2. The van der Waals surface area contributed by atoms with E-state index in [9.17, 15) is 4.79 Å². The minimum absolute atomic E-state index is 0.123. The molecule has 0 aliphatic heterocycles. The van der Waals surface area contributed by atoms with Gasteiger partial charge >= 0.3 is 5.97 Å². The van der Waals surface area contributed by atoms with Crippen LogP contribution < -0.4 is 0 Å². The highest BCUT2D eigenvalue weighted by molar-refractivity contribution is 5.84. The standard InChI is InChI=1S/C24H29N3O2/c1-5-19-16-18(14-15-25-19)24-21(10-8-9-11-23(28)29-7-3)17(4)26-27-20(6-2)12-13-22(24)27/h5,12-16H,1,6-11H2,2-4H3. The van der Waals surface area contributed by atoms with Crippen LogP contribution in [0.4, 0.5) is 0 Å². The molecule has 5 heteroatoms. The number of fused-ring (bicyclic) bond motifs is 1. The SMILES string of the molecule is C=Cc1cc(-c2c(CCCCC(=O)OCC)c(C)nn3c(CC)ccc23)ccn1. The lowest BCUT2D eigenvalue weighted by Gasteiger charge is -2.16. The van der Waals surface area contributed by atoms with Gasteiger partial charge in [0.1, 0.15) is 0 Å². The zero-order chi connectivity index (χ0) is 20.8. The van der Waals surface area contributed by atoms with E-state index in [-0.39, 0.29) is 5.97 Å². The number of carbonyl (C=O) groups is 1. The van der Waals surface area contributed by atoms with Crippen molar-refractivity contribution in [3.05, 3.63) is 59.7 Å². The predicted molar refractivity (Wildman–Crippen MR) is 117 cm³/mol. The summed E-state index contributed by atoms with van der Waals surface area (Å²) in [6.07, 6.45) is 7.55. The molecule has 0 amide bonds. The summed E-state index contributed by atoms with van der Waals surface area (Å²) in [7, 11) is 0. The molecule has 152 valence electrons. The summed E-state index contributed by atoms with van der Waals surface area (Å²) < 4.78 is 7.09. The Morgan fingerprint density at radius 2 is 2.07 bits per heavy atom. The molecule has 0 aromatic carbocycles. The van der Waals surface area contributed by atoms with E-state index in [1.165, 1.54) is 16.8 Å². The van der Waals surface area contributed by atoms with Gasteiger partial charge in [0.2, 0.25) is 0 Å². The number of aryl methyl sites for hydroxylation is 2. The van der Waals surface area contributed by atoms with E-state index in [0.717, 1.165) is 48.2 Å². The molecular weight excluding hydrogens is 362 g/mol. The van der Waals surface area contributed by atoms with Gasteiger partial charge in [-0.2, -0.15) is 5.10 Å². The van der Waals surface area contributed by atoms with Gasteiger partial charge in [0.05, 0.1) is 23.5 Å². The number of rotatable bonds is 9. The lowest BCUT2D eigenvalue weighted by atomic mass is 9.95. The van der Waals surface area contributed by atoms with Crippen molar-refractivity contribution in [2.45, 2.75) is 52.9 Å². The third-order valence-corrected chi connectivity index (χ3v) is 5.18. The molecule has 0 aliphatic rings. The van der Waals surface area contributed by atoms with E-state index in [2.05, 4.69) is 48.1 Å². The minimum atomic E-state index is -0.123. The summed E-state index contributed by atoms with van der Waals surface area (Å²) in [5, 5.41) is 4.87. The summed E-state index contributed by atoms with van der Waals surface area (Å²) >= 11 is 0. The second-order valence-corrected chi connectivity index (χ2v) is 7.10. The topological polar surface area (TPSA) is 56.5 Å². The van der Waals surface area contributed by atoms with Crippen molar-refractivity contribution >= 4 is 17.6 Å². The second kappa shape index (κ2) is 9.50. The Hall–Kier alpha value is -2.95. The first-order chi connectivity index (χ1) is 14.1.